The van der Waals surface area contributed by atoms with Crippen LogP contribution in [0.25, 0.3) is 0 Å². The molecule has 0 spiro atoms. The van der Waals surface area contributed by atoms with Gasteiger partial charge in [-0.3, -0.25) is 30.6 Å². The summed E-state index contributed by atoms with van der Waals surface area (Å²) in [4.78, 5) is 34.3. The largest absolute Gasteiger partial charge is 0.273 e. The molecule has 0 bridgehead atoms. The van der Waals surface area contributed by atoms with Crippen LogP contribution >= 0.6 is 0 Å². The highest BCUT2D eigenvalue weighted by Crippen LogP contribution is 2.18. The fourth-order valence-electron chi connectivity index (χ4n) is 2.41. The second-order valence-corrected chi connectivity index (χ2v) is 8.28. The Bertz CT molecular complexity index is 1020. The zero-order valence-corrected chi connectivity index (χ0v) is 16.6. The highest BCUT2D eigenvalue weighted by Gasteiger charge is 2.23. The van der Waals surface area contributed by atoms with Crippen molar-refractivity contribution in [2.24, 2.45) is 0 Å². The molecule has 2 aromatic rings. The van der Waals surface area contributed by atoms with E-state index in [2.05, 4.69) is 10.9 Å². The van der Waals surface area contributed by atoms with Gasteiger partial charge >= 0.3 is 0 Å². The number of nitrogens with zero attached hydrogens (tertiary/aromatic N) is 2. The van der Waals surface area contributed by atoms with E-state index in [0.717, 1.165) is 9.87 Å². The minimum absolute atomic E-state index is 0.0406. The van der Waals surface area contributed by atoms with Gasteiger partial charge in [0.25, 0.3) is 11.6 Å². The summed E-state index contributed by atoms with van der Waals surface area (Å²) < 4.78 is 25.8. The van der Waals surface area contributed by atoms with E-state index in [1.807, 2.05) is 6.92 Å². The Labute approximate surface area is 167 Å². The number of para-hydroxylation sites is 1. The van der Waals surface area contributed by atoms with Crippen molar-refractivity contribution < 1.29 is 22.9 Å². The normalized spacial score (nSPS) is 11.1. The summed E-state index contributed by atoms with van der Waals surface area (Å²) >= 11 is 0. The molecule has 0 aliphatic rings. The third kappa shape index (κ3) is 5.83. The summed E-state index contributed by atoms with van der Waals surface area (Å²) in [5.41, 5.74) is 5.09. The summed E-state index contributed by atoms with van der Waals surface area (Å²) in [5.74, 6) is -1.45. The Morgan fingerprint density at radius 1 is 1.03 bits per heavy atom. The minimum Gasteiger partial charge on any atom is -0.273 e. The molecule has 2 rings (SSSR count). The zero-order valence-electron chi connectivity index (χ0n) is 15.8. The Kier molecular flexibility index (Phi) is 7.02. The average molecular weight is 420 g/mol. The monoisotopic (exact) mass is 420 g/mol. The van der Waals surface area contributed by atoms with Crippen LogP contribution in [-0.2, 0) is 26.0 Å². The van der Waals surface area contributed by atoms with E-state index >= 15 is 0 Å². The molecule has 0 aliphatic carbocycles. The van der Waals surface area contributed by atoms with Gasteiger partial charge in [-0.05, 0) is 19.1 Å². The van der Waals surface area contributed by atoms with Crippen molar-refractivity contribution in [2.75, 3.05) is 13.6 Å². The van der Waals surface area contributed by atoms with E-state index in [1.54, 1.807) is 18.2 Å². The number of hydrazine groups is 1. The first-order valence-electron chi connectivity index (χ1n) is 8.44. The Hall–Kier alpha value is -3.31. The highest BCUT2D eigenvalue weighted by atomic mass is 32.2. The fraction of sp³-hybridized carbons (Fsp3) is 0.222. The number of carbonyl (C=O) groups is 2. The molecular formula is C18H20N4O6S. The maximum atomic E-state index is 12.5. The van der Waals surface area contributed by atoms with E-state index in [0.29, 0.717) is 0 Å². The van der Waals surface area contributed by atoms with Gasteiger partial charge in [0.05, 0.1) is 22.8 Å². The summed E-state index contributed by atoms with van der Waals surface area (Å²) in [6.07, 6.45) is -0.324. The number of sulfonamides is 1. The minimum atomic E-state index is -3.87. The van der Waals surface area contributed by atoms with Crippen molar-refractivity contribution in [1.29, 1.82) is 0 Å². The molecule has 11 heteroatoms. The van der Waals surface area contributed by atoms with Gasteiger partial charge in [0.15, 0.2) is 0 Å². The molecule has 2 amide bonds. The molecule has 0 unspecified atom stereocenters. The number of aryl methyl sites for hydroxylation is 1. The van der Waals surface area contributed by atoms with Crippen LogP contribution in [0.4, 0.5) is 5.69 Å². The summed E-state index contributed by atoms with van der Waals surface area (Å²) in [5, 5.41) is 11.0. The predicted molar refractivity (Wildman–Crippen MR) is 104 cm³/mol. The third-order valence-corrected chi connectivity index (χ3v) is 5.79. The van der Waals surface area contributed by atoms with Gasteiger partial charge < -0.3 is 0 Å². The number of benzene rings is 2. The van der Waals surface area contributed by atoms with Crippen molar-refractivity contribution >= 4 is 27.5 Å². The van der Waals surface area contributed by atoms with Crippen LogP contribution in [0.5, 0.6) is 0 Å². The molecule has 0 aliphatic heterocycles. The number of amides is 2. The summed E-state index contributed by atoms with van der Waals surface area (Å²) in [6.45, 7) is 1.29. The second-order valence-electron chi connectivity index (χ2n) is 6.23. The van der Waals surface area contributed by atoms with Gasteiger partial charge in [-0.15, -0.1) is 0 Å². The molecule has 0 atom stereocenters. The SMILES string of the molecule is Cc1ccc(S(=O)(=O)N(C)CC(=O)NNC(=O)Cc2ccccc2[N+](=O)[O-])cc1. The lowest BCUT2D eigenvalue weighted by Gasteiger charge is -2.17. The van der Waals surface area contributed by atoms with Gasteiger partial charge in [-0.25, -0.2) is 8.42 Å². The average Bonchev–Trinajstić information content (AvgIpc) is 2.67. The molecule has 10 nitrogen and oxygen atoms in total. The van der Waals surface area contributed by atoms with E-state index in [-0.39, 0.29) is 22.6 Å². The van der Waals surface area contributed by atoms with E-state index in [4.69, 9.17) is 0 Å². The lowest BCUT2D eigenvalue weighted by molar-refractivity contribution is -0.385. The predicted octanol–water partition coefficient (Wildman–Crippen LogP) is 0.914. The smallest absolute Gasteiger partial charge is 0.273 e. The number of hydrogen-bond acceptors (Lipinski definition) is 6. The number of hydrogen-bond donors (Lipinski definition) is 2. The molecule has 2 aromatic carbocycles. The number of carbonyl (C=O) groups excluding carboxylic acids is 2. The van der Waals surface area contributed by atoms with E-state index < -0.39 is 33.3 Å². The van der Waals surface area contributed by atoms with Crippen LogP contribution in [0.15, 0.2) is 53.4 Å². The molecule has 0 fully saturated rings. The second kappa shape index (κ2) is 9.26. The standard InChI is InChI=1S/C18H20N4O6S/c1-13-7-9-15(10-8-13)29(27,28)21(2)12-18(24)20-19-17(23)11-14-5-3-4-6-16(14)22(25)26/h3-10H,11-12H2,1-2H3,(H,19,23)(H,20,24). The molecule has 154 valence electrons. The molecule has 0 saturated carbocycles. The number of nitrogens with one attached hydrogen (secondary N) is 2. The fourth-order valence-corrected chi connectivity index (χ4v) is 3.54. The molecule has 0 radical (unpaired) electrons. The van der Waals surface area contributed by atoms with Crippen molar-refractivity contribution in [3.05, 3.63) is 69.8 Å². The maximum Gasteiger partial charge on any atom is 0.273 e. The quantitative estimate of drug-likeness (QED) is 0.504. The number of likely N-dealkylation sites (N-methyl/N-ethyl adjacent to an activating group) is 1. The van der Waals surface area contributed by atoms with Crippen LogP contribution in [0.2, 0.25) is 0 Å². The van der Waals surface area contributed by atoms with E-state index in [9.17, 15) is 28.1 Å². The molecule has 0 aromatic heterocycles. The lowest BCUT2D eigenvalue weighted by Crippen LogP contribution is -2.47. The highest BCUT2D eigenvalue weighted by molar-refractivity contribution is 7.89. The van der Waals surface area contributed by atoms with Crippen molar-refractivity contribution in [3.63, 3.8) is 0 Å². The zero-order chi connectivity index (χ0) is 21.6. The van der Waals surface area contributed by atoms with Crippen LogP contribution < -0.4 is 10.9 Å². The number of nitro groups is 1. The first-order chi connectivity index (χ1) is 13.6. The first-order valence-corrected chi connectivity index (χ1v) is 9.88. The Balaban J connectivity index is 1.91. The molecule has 0 saturated heterocycles. The molecule has 2 N–H and O–H groups in total. The summed E-state index contributed by atoms with van der Waals surface area (Å²) in [7, 11) is -2.63. The number of nitro benzene ring substituents is 1. The maximum absolute atomic E-state index is 12.5. The van der Waals surface area contributed by atoms with Crippen LogP contribution in [0.3, 0.4) is 0 Å². The Morgan fingerprint density at radius 2 is 1.62 bits per heavy atom. The van der Waals surface area contributed by atoms with Crippen LogP contribution in [-0.4, -0.2) is 43.1 Å². The van der Waals surface area contributed by atoms with Crippen molar-refractivity contribution in [3.8, 4) is 0 Å². The van der Waals surface area contributed by atoms with Crippen molar-refractivity contribution in [1.82, 2.24) is 15.2 Å². The topological polar surface area (TPSA) is 139 Å². The van der Waals surface area contributed by atoms with Gasteiger partial charge in [0.1, 0.15) is 0 Å². The van der Waals surface area contributed by atoms with Crippen molar-refractivity contribution in [2.45, 2.75) is 18.2 Å². The van der Waals surface area contributed by atoms with E-state index in [1.165, 1.54) is 37.4 Å². The molecule has 29 heavy (non-hydrogen) atoms. The third-order valence-electron chi connectivity index (χ3n) is 3.98. The van der Waals surface area contributed by atoms with Crippen LogP contribution in [0.1, 0.15) is 11.1 Å². The summed E-state index contributed by atoms with van der Waals surface area (Å²) in [6, 6.07) is 11.9. The first kappa shape index (κ1) is 22.0. The van der Waals surface area contributed by atoms with Gasteiger partial charge in [0.2, 0.25) is 15.9 Å². The molecule has 0 heterocycles. The van der Waals surface area contributed by atoms with Crippen LogP contribution in [0, 0.1) is 17.0 Å². The van der Waals surface area contributed by atoms with Gasteiger partial charge in [-0.1, -0.05) is 35.9 Å². The molecular weight excluding hydrogens is 400 g/mol. The lowest BCUT2D eigenvalue weighted by atomic mass is 10.1. The van der Waals surface area contributed by atoms with Gasteiger partial charge in [-0.2, -0.15) is 4.31 Å². The Morgan fingerprint density at radius 3 is 2.24 bits per heavy atom. The number of rotatable bonds is 7. The van der Waals surface area contributed by atoms with Gasteiger partial charge in [0, 0.05) is 18.7 Å².